The number of H-pyrrole nitrogens is 1. The van der Waals surface area contributed by atoms with Gasteiger partial charge in [0.25, 0.3) is 0 Å². The number of carbonyl (C=O) groups excluding carboxylic acids is 2. The first-order valence-electron chi connectivity index (χ1n) is 10.4. The Morgan fingerprint density at radius 1 is 0.968 bits per heavy atom. The van der Waals surface area contributed by atoms with Gasteiger partial charge in [-0.05, 0) is 30.4 Å². The molecule has 0 bridgehead atoms. The van der Waals surface area contributed by atoms with Crippen molar-refractivity contribution in [3.63, 3.8) is 0 Å². The largest absolute Gasteiger partial charge is 0.418 e. The van der Waals surface area contributed by atoms with E-state index in [4.69, 9.17) is 0 Å². The first kappa shape index (κ1) is 21.2. The monoisotopic (exact) mass is 428 g/mol. The molecule has 3 aromatic rings. The second-order valence-corrected chi connectivity index (χ2v) is 7.92. The summed E-state index contributed by atoms with van der Waals surface area (Å²) in [6.45, 7) is 1.29. The predicted octanol–water partition coefficient (Wildman–Crippen LogP) is 5.56. The van der Waals surface area contributed by atoms with Gasteiger partial charge in [0.05, 0.1) is 11.1 Å². The zero-order valence-corrected chi connectivity index (χ0v) is 16.9. The number of piperidine rings is 1. The van der Waals surface area contributed by atoms with Gasteiger partial charge in [-0.1, -0.05) is 42.5 Å². The molecule has 1 amide bonds. The molecule has 0 atom stereocenters. The number of nitrogens with zero attached hydrogens (tertiary/aromatic N) is 1. The Morgan fingerprint density at radius 3 is 2.35 bits per heavy atom. The molecule has 0 radical (unpaired) electrons. The summed E-state index contributed by atoms with van der Waals surface area (Å²) >= 11 is 0. The minimum atomic E-state index is -4.51. The van der Waals surface area contributed by atoms with Crippen LogP contribution in [0, 0.1) is 0 Å². The summed E-state index contributed by atoms with van der Waals surface area (Å²) in [5.74, 6) is 0.00899. The average Bonchev–Trinajstić information content (AvgIpc) is 3.21. The zero-order chi connectivity index (χ0) is 22.0. The number of alkyl halides is 3. The minimum absolute atomic E-state index is 0.0271. The molecule has 0 spiro atoms. The number of halogens is 3. The van der Waals surface area contributed by atoms with Crippen molar-refractivity contribution < 1.29 is 22.8 Å². The Balaban J connectivity index is 1.36. The number of likely N-dealkylation sites (tertiary alicyclic amines) is 1. The number of carbonyl (C=O) groups is 2. The van der Waals surface area contributed by atoms with E-state index >= 15 is 0 Å². The summed E-state index contributed by atoms with van der Waals surface area (Å²) in [6, 6.07) is 14.0. The summed E-state index contributed by atoms with van der Waals surface area (Å²) in [4.78, 5) is 29.6. The van der Waals surface area contributed by atoms with Gasteiger partial charge >= 0.3 is 6.18 Å². The van der Waals surface area contributed by atoms with E-state index in [1.54, 1.807) is 4.90 Å². The maximum atomic E-state index is 13.2. The smallest absolute Gasteiger partial charge is 0.360 e. The molecule has 1 aliphatic rings. The van der Waals surface area contributed by atoms with Crippen LogP contribution in [0.1, 0.15) is 53.1 Å². The van der Waals surface area contributed by atoms with Crippen molar-refractivity contribution in [2.75, 3.05) is 13.1 Å². The van der Waals surface area contributed by atoms with E-state index in [-0.39, 0.29) is 41.0 Å². The van der Waals surface area contributed by atoms with Crippen LogP contribution in [0.25, 0.3) is 10.9 Å². The Labute approximate surface area is 178 Å². The SMILES string of the molecule is O=C(CCC(=O)N1CCC(c2ccccc2)CC1)c1c[nH]c2c(C(F)(F)F)cccc12. The van der Waals surface area contributed by atoms with Crippen molar-refractivity contribution in [1.29, 1.82) is 0 Å². The number of hydrogen-bond donors (Lipinski definition) is 1. The topological polar surface area (TPSA) is 53.2 Å². The first-order valence-corrected chi connectivity index (χ1v) is 10.4. The van der Waals surface area contributed by atoms with Gasteiger partial charge in [-0.25, -0.2) is 0 Å². The third kappa shape index (κ3) is 4.50. The van der Waals surface area contributed by atoms with Crippen LogP contribution >= 0.6 is 0 Å². The number of fused-ring (bicyclic) bond motifs is 1. The van der Waals surface area contributed by atoms with Gasteiger partial charge in [-0.3, -0.25) is 9.59 Å². The Kier molecular flexibility index (Phi) is 5.85. The summed E-state index contributed by atoms with van der Waals surface area (Å²) in [5, 5.41) is 0.232. The van der Waals surface area contributed by atoms with E-state index in [0.717, 1.165) is 18.9 Å². The number of aromatic amines is 1. The van der Waals surface area contributed by atoms with Crippen molar-refractivity contribution in [2.24, 2.45) is 0 Å². The predicted molar refractivity (Wildman–Crippen MR) is 112 cm³/mol. The van der Waals surface area contributed by atoms with Crippen molar-refractivity contribution in [1.82, 2.24) is 9.88 Å². The Bertz CT molecular complexity index is 1080. The number of aromatic nitrogens is 1. The van der Waals surface area contributed by atoms with Crippen LogP contribution in [0.15, 0.2) is 54.7 Å². The van der Waals surface area contributed by atoms with Gasteiger partial charge < -0.3 is 9.88 Å². The molecule has 31 heavy (non-hydrogen) atoms. The van der Waals surface area contributed by atoms with Gasteiger partial charge in [0.2, 0.25) is 5.91 Å². The molecule has 0 aliphatic carbocycles. The lowest BCUT2D eigenvalue weighted by molar-refractivity contribution is -0.136. The van der Waals surface area contributed by atoms with E-state index in [0.29, 0.717) is 19.0 Å². The van der Waals surface area contributed by atoms with E-state index in [1.165, 1.54) is 23.9 Å². The summed E-state index contributed by atoms with van der Waals surface area (Å²) < 4.78 is 39.5. The third-order valence-corrected chi connectivity index (χ3v) is 6.01. The second-order valence-electron chi connectivity index (χ2n) is 7.92. The molecule has 1 aliphatic heterocycles. The van der Waals surface area contributed by atoms with Crippen LogP contribution < -0.4 is 0 Å². The fraction of sp³-hybridized carbons (Fsp3) is 0.333. The summed E-state index contributed by atoms with van der Waals surface area (Å²) in [6.07, 6.45) is -1.41. The van der Waals surface area contributed by atoms with E-state index in [2.05, 4.69) is 17.1 Å². The molecular formula is C24H23F3N2O2. The maximum absolute atomic E-state index is 13.2. The van der Waals surface area contributed by atoms with Gasteiger partial charge in [0.1, 0.15) is 0 Å². The van der Waals surface area contributed by atoms with E-state index in [1.807, 2.05) is 18.2 Å². The number of Topliss-reactive ketones (excluding diaryl/α,β-unsaturated/α-hetero) is 1. The normalized spacial score (nSPS) is 15.4. The number of nitrogens with one attached hydrogen (secondary N) is 1. The lowest BCUT2D eigenvalue weighted by Crippen LogP contribution is -2.38. The molecule has 2 aromatic carbocycles. The number of hydrogen-bond acceptors (Lipinski definition) is 2. The molecular weight excluding hydrogens is 405 g/mol. The molecule has 1 N–H and O–H groups in total. The maximum Gasteiger partial charge on any atom is 0.418 e. The van der Waals surface area contributed by atoms with Gasteiger partial charge in [0.15, 0.2) is 5.78 Å². The number of amides is 1. The molecule has 1 aromatic heterocycles. The lowest BCUT2D eigenvalue weighted by Gasteiger charge is -2.32. The van der Waals surface area contributed by atoms with Crippen LogP contribution in [0.4, 0.5) is 13.2 Å². The minimum Gasteiger partial charge on any atom is -0.360 e. The van der Waals surface area contributed by atoms with Crippen LogP contribution in [0.5, 0.6) is 0 Å². The highest BCUT2D eigenvalue weighted by molar-refractivity contribution is 6.09. The van der Waals surface area contributed by atoms with Crippen molar-refractivity contribution in [3.8, 4) is 0 Å². The summed E-state index contributed by atoms with van der Waals surface area (Å²) in [7, 11) is 0. The molecule has 4 rings (SSSR count). The van der Waals surface area contributed by atoms with E-state index in [9.17, 15) is 22.8 Å². The Morgan fingerprint density at radius 2 is 1.68 bits per heavy atom. The fourth-order valence-corrected chi connectivity index (χ4v) is 4.32. The first-order chi connectivity index (χ1) is 14.8. The fourth-order valence-electron chi connectivity index (χ4n) is 4.32. The standard InChI is InChI=1S/C24H23F3N2O2/c25-24(26,27)20-8-4-7-18-19(15-28-23(18)20)21(30)9-10-22(31)29-13-11-17(12-14-29)16-5-2-1-3-6-16/h1-8,15,17,28H,9-14H2. The van der Waals surface area contributed by atoms with Crippen molar-refractivity contribution in [3.05, 3.63) is 71.4 Å². The highest BCUT2D eigenvalue weighted by Crippen LogP contribution is 2.35. The lowest BCUT2D eigenvalue weighted by atomic mass is 9.89. The second kappa shape index (κ2) is 8.57. The van der Waals surface area contributed by atoms with E-state index < -0.39 is 11.7 Å². The average molecular weight is 428 g/mol. The van der Waals surface area contributed by atoms with Gasteiger partial charge in [-0.15, -0.1) is 0 Å². The molecule has 1 fully saturated rings. The van der Waals surface area contributed by atoms with Crippen LogP contribution in [0.3, 0.4) is 0 Å². The molecule has 7 heteroatoms. The Hall–Kier alpha value is -3.09. The number of benzene rings is 2. The highest BCUT2D eigenvalue weighted by atomic mass is 19.4. The van der Waals surface area contributed by atoms with Gasteiger partial charge in [-0.2, -0.15) is 13.2 Å². The molecule has 0 saturated carbocycles. The van der Waals surface area contributed by atoms with Crippen LogP contribution in [-0.4, -0.2) is 34.7 Å². The van der Waals surface area contributed by atoms with Crippen LogP contribution in [-0.2, 0) is 11.0 Å². The number of para-hydroxylation sites is 1. The molecule has 162 valence electrons. The van der Waals surface area contributed by atoms with Crippen molar-refractivity contribution >= 4 is 22.6 Å². The quantitative estimate of drug-likeness (QED) is 0.541. The van der Waals surface area contributed by atoms with Crippen molar-refractivity contribution in [2.45, 2.75) is 37.8 Å². The molecule has 4 nitrogen and oxygen atoms in total. The molecule has 0 unspecified atom stereocenters. The number of ketones is 1. The van der Waals surface area contributed by atoms with Crippen LogP contribution in [0.2, 0.25) is 0 Å². The third-order valence-electron chi connectivity index (χ3n) is 6.01. The zero-order valence-electron chi connectivity index (χ0n) is 16.9. The molecule has 1 saturated heterocycles. The summed E-state index contributed by atoms with van der Waals surface area (Å²) in [5.41, 5.74) is 0.563. The highest BCUT2D eigenvalue weighted by Gasteiger charge is 2.33. The number of rotatable bonds is 5. The van der Waals surface area contributed by atoms with Gasteiger partial charge in [0, 0.05) is 43.1 Å². The molecule has 2 heterocycles.